The van der Waals surface area contributed by atoms with Crippen molar-refractivity contribution in [2.75, 3.05) is 12.9 Å². The van der Waals surface area contributed by atoms with Gasteiger partial charge in [0.2, 0.25) is 0 Å². The van der Waals surface area contributed by atoms with Crippen molar-refractivity contribution in [3.8, 4) is 5.75 Å². The van der Waals surface area contributed by atoms with Gasteiger partial charge in [0.1, 0.15) is 5.75 Å². The lowest BCUT2D eigenvalue weighted by atomic mass is 10.1. The van der Waals surface area contributed by atoms with E-state index in [0.29, 0.717) is 11.5 Å². The molecule has 0 saturated carbocycles. The topological polar surface area (TPSA) is 65.2 Å². The van der Waals surface area contributed by atoms with Crippen molar-refractivity contribution in [1.29, 1.82) is 0 Å². The van der Waals surface area contributed by atoms with Gasteiger partial charge in [-0.05, 0) is 27.2 Å². The molecular formula is C13H22N2O2S. The highest BCUT2D eigenvalue weighted by Gasteiger charge is 2.12. The molecule has 0 spiro atoms. The van der Waals surface area contributed by atoms with Crippen LogP contribution in [-0.4, -0.2) is 28.1 Å². The second-order valence-electron chi connectivity index (χ2n) is 4.60. The van der Waals surface area contributed by atoms with Crippen LogP contribution in [0, 0.1) is 13.8 Å². The van der Waals surface area contributed by atoms with Gasteiger partial charge in [-0.15, -0.1) is 0 Å². The van der Waals surface area contributed by atoms with E-state index in [1.54, 1.807) is 13.3 Å². The molecule has 2 unspecified atom stereocenters. The van der Waals surface area contributed by atoms with E-state index in [1.807, 2.05) is 20.8 Å². The van der Waals surface area contributed by atoms with E-state index in [-0.39, 0.29) is 6.04 Å². The quantitative estimate of drug-likeness (QED) is 0.854. The molecule has 1 rings (SSSR count). The Hall–Kier alpha value is -0.940. The Labute approximate surface area is 111 Å². The van der Waals surface area contributed by atoms with Gasteiger partial charge in [-0.25, -0.2) is 0 Å². The molecule has 1 aromatic rings. The molecule has 2 N–H and O–H groups in total. The summed E-state index contributed by atoms with van der Waals surface area (Å²) >= 11 is 0. The zero-order valence-electron chi connectivity index (χ0n) is 11.5. The van der Waals surface area contributed by atoms with Gasteiger partial charge in [0.15, 0.2) is 0 Å². The van der Waals surface area contributed by atoms with Crippen LogP contribution in [0.2, 0.25) is 0 Å². The Balaban J connectivity index is 2.76. The highest BCUT2D eigenvalue weighted by molar-refractivity contribution is 7.84. The second-order valence-corrected chi connectivity index (χ2v) is 6.18. The van der Waals surface area contributed by atoms with Crippen molar-refractivity contribution in [2.24, 2.45) is 5.73 Å². The van der Waals surface area contributed by atoms with Gasteiger partial charge in [-0.3, -0.25) is 9.19 Å². The Bertz CT molecular complexity index is 433. The van der Waals surface area contributed by atoms with Crippen molar-refractivity contribution in [1.82, 2.24) is 4.98 Å². The highest BCUT2D eigenvalue weighted by Crippen LogP contribution is 2.24. The predicted molar refractivity (Wildman–Crippen MR) is 75.2 cm³/mol. The standard InChI is InChI=1S/C13H22N2O2S/c1-9-7-15-12(11(3)13(9)17-4)8-18(16)6-5-10(2)14/h7,10H,5-6,8,14H2,1-4H3. The van der Waals surface area contributed by atoms with Gasteiger partial charge in [-0.2, -0.15) is 0 Å². The number of nitrogens with two attached hydrogens (primary N) is 1. The summed E-state index contributed by atoms with van der Waals surface area (Å²) in [5.41, 5.74) is 8.49. The molecule has 0 aromatic carbocycles. The smallest absolute Gasteiger partial charge is 0.128 e. The number of nitrogens with zero attached hydrogens (tertiary/aromatic N) is 1. The van der Waals surface area contributed by atoms with E-state index in [2.05, 4.69) is 4.98 Å². The molecule has 5 heteroatoms. The van der Waals surface area contributed by atoms with E-state index in [4.69, 9.17) is 10.5 Å². The van der Waals surface area contributed by atoms with Crippen LogP contribution in [0.4, 0.5) is 0 Å². The molecule has 1 heterocycles. The Morgan fingerprint density at radius 2 is 2.17 bits per heavy atom. The van der Waals surface area contributed by atoms with Crippen LogP contribution in [-0.2, 0) is 16.6 Å². The van der Waals surface area contributed by atoms with Gasteiger partial charge in [0.25, 0.3) is 0 Å². The van der Waals surface area contributed by atoms with Gasteiger partial charge >= 0.3 is 0 Å². The van der Waals surface area contributed by atoms with E-state index in [1.165, 1.54) is 0 Å². The van der Waals surface area contributed by atoms with Crippen LogP contribution in [0.3, 0.4) is 0 Å². The number of aryl methyl sites for hydroxylation is 1. The summed E-state index contributed by atoms with van der Waals surface area (Å²) in [5.74, 6) is 1.92. The lowest BCUT2D eigenvalue weighted by Gasteiger charge is -2.12. The minimum atomic E-state index is -0.917. The Kier molecular flexibility index (Phi) is 5.75. The molecule has 0 bridgehead atoms. The fourth-order valence-corrected chi connectivity index (χ4v) is 3.13. The molecule has 0 aliphatic rings. The van der Waals surface area contributed by atoms with Gasteiger partial charge in [0.05, 0.1) is 18.6 Å². The molecule has 0 fully saturated rings. The molecule has 4 nitrogen and oxygen atoms in total. The minimum absolute atomic E-state index is 0.0931. The van der Waals surface area contributed by atoms with Gasteiger partial charge < -0.3 is 10.5 Å². The van der Waals surface area contributed by atoms with Crippen LogP contribution < -0.4 is 10.5 Å². The average Bonchev–Trinajstić information content (AvgIpc) is 2.31. The summed E-state index contributed by atoms with van der Waals surface area (Å²) in [6.45, 7) is 5.84. The first-order chi connectivity index (χ1) is 8.45. The summed E-state index contributed by atoms with van der Waals surface area (Å²) in [4.78, 5) is 4.35. The number of hydrogen-bond donors (Lipinski definition) is 1. The largest absolute Gasteiger partial charge is 0.496 e. The molecule has 2 atom stereocenters. The zero-order chi connectivity index (χ0) is 13.7. The van der Waals surface area contributed by atoms with Crippen molar-refractivity contribution >= 4 is 10.8 Å². The fourth-order valence-electron chi connectivity index (χ4n) is 1.76. The lowest BCUT2D eigenvalue weighted by Crippen LogP contribution is -2.18. The fraction of sp³-hybridized carbons (Fsp3) is 0.615. The summed E-state index contributed by atoms with van der Waals surface area (Å²) < 4.78 is 17.3. The lowest BCUT2D eigenvalue weighted by molar-refractivity contribution is 0.407. The van der Waals surface area contributed by atoms with E-state index in [0.717, 1.165) is 29.0 Å². The van der Waals surface area contributed by atoms with E-state index in [9.17, 15) is 4.21 Å². The second kappa shape index (κ2) is 6.85. The molecule has 0 saturated heterocycles. The van der Waals surface area contributed by atoms with Crippen molar-refractivity contribution in [3.63, 3.8) is 0 Å². The third-order valence-corrected chi connectivity index (χ3v) is 4.13. The maximum atomic E-state index is 11.9. The molecule has 102 valence electrons. The van der Waals surface area contributed by atoms with Crippen LogP contribution in [0.25, 0.3) is 0 Å². The molecular weight excluding hydrogens is 248 g/mol. The predicted octanol–water partition coefficient (Wildman–Crippen LogP) is 1.69. The summed E-state index contributed by atoms with van der Waals surface area (Å²) in [7, 11) is 0.728. The Morgan fingerprint density at radius 1 is 1.50 bits per heavy atom. The summed E-state index contributed by atoms with van der Waals surface area (Å²) in [6, 6.07) is 0.0931. The van der Waals surface area contributed by atoms with Crippen molar-refractivity contribution < 1.29 is 8.95 Å². The van der Waals surface area contributed by atoms with Crippen molar-refractivity contribution in [2.45, 2.75) is 39.0 Å². The first-order valence-electron chi connectivity index (χ1n) is 6.05. The molecule has 0 radical (unpaired) electrons. The van der Waals surface area contributed by atoms with Crippen molar-refractivity contribution in [3.05, 3.63) is 23.0 Å². The first kappa shape index (κ1) is 15.1. The molecule has 0 aliphatic carbocycles. The number of hydrogen-bond acceptors (Lipinski definition) is 4. The Morgan fingerprint density at radius 3 is 2.72 bits per heavy atom. The molecule has 18 heavy (non-hydrogen) atoms. The molecule has 1 aromatic heterocycles. The van der Waals surface area contributed by atoms with Gasteiger partial charge in [0, 0.05) is 39.9 Å². The third-order valence-electron chi connectivity index (χ3n) is 2.85. The van der Waals surface area contributed by atoms with Crippen LogP contribution in [0.15, 0.2) is 6.20 Å². The third kappa shape index (κ3) is 4.07. The number of ether oxygens (including phenoxy) is 1. The average molecular weight is 270 g/mol. The van der Waals surface area contributed by atoms with Crippen LogP contribution >= 0.6 is 0 Å². The normalized spacial score (nSPS) is 14.3. The first-order valence-corrected chi connectivity index (χ1v) is 7.54. The summed E-state index contributed by atoms with van der Waals surface area (Å²) in [5, 5.41) is 0. The number of rotatable bonds is 6. The zero-order valence-corrected chi connectivity index (χ0v) is 12.3. The minimum Gasteiger partial charge on any atom is -0.496 e. The number of methoxy groups -OCH3 is 1. The SMILES string of the molecule is COc1c(C)cnc(CS(=O)CCC(C)N)c1C. The van der Waals surface area contributed by atoms with Crippen LogP contribution in [0.5, 0.6) is 5.75 Å². The summed E-state index contributed by atoms with van der Waals surface area (Å²) in [6.07, 6.45) is 2.54. The van der Waals surface area contributed by atoms with Crippen LogP contribution in [0.1, 0.15) is 30.2 Å². The molecule has 0 aliphatic heterocycles. The highest BCUT2D eigenvalue weighted by atomic mass is 32.2. The van der Waals surface area contributed by atoms with E-state index < -0.39 is 10.8 Å². The maximum absolute atomic E-state index is 11.9. The van der Waals surface area contributed by atoms with E-state index >= 15 is 0 Å². The van der Waals surface area contributed by atoms with Gasteiger partial charge in [-0.1, -0.05) is 0 Å². The number of pyridine rings is 1. The monoisotopic (exact) mass is 270 g/mol. The maximum Gasteiger partial charge on any atom is 0.128 e. The number of aromatic nitrogens is 1. The molecule has 0 amide bonds.